The van der Waals surface area contributed by atoms with Gasteiger partial charge in [0, 0.05) is 40.3 Å². The topological polar surface area (TPSA) is 382 Å². The van der Waals surface area contributed by atoms with Gasteiger partial charge in [-0.1, -0.05) is 12.1 Å². The van der Waals surface area contributed by atoms with Crippen LogP contribution in [0.5, 0.6) is 5.75 Å². The molecule has 0 radical (unpaired) electrons. The average Bonchev–Trinajstić information content (AvgIpc) is 3.83. The normalized spacial score (nSPS) is 15.1. The van der Waals surface area contributed by atoms with Crippen LogP contribution in [0.2, 0.25) is 0 Å². The van der Waals surface area contributed by atoms with Crippen molar-refractivity contribution in [2.45, 2.75) is 44.7 Å². The maximum atomic E-state index is 13.6. The predicted octanol–water partition coefficient (Wildman–Crippen LogP) is 5.26. The van der Waals surface area contributed by atoms with E-state index >= 15 is 0 Å². The van der Waals surface area contributed by atoms with E-state index in [9.17, 15) is 62.5 Å². The number of aromatic hydroxyl groups is 1. The number of hydrogen-bond donors (Lipinski definition) is 8. The van der Waals surface area contributed by atoms with Crippen molar-refractivity contribution in [3.63, 3.8) is 0 Å². The van der Waals surface area contributed by atoms with Crippen molar-refractivity contribution in [2.75, 3.05) is 13.2 Å². The molecule has 3 heterocycles. The number of aromatic nitrogens is 2. The van der Waals surface area contributed by atoms with E-state index in [-0.39, 0.29) is 94.9 Å². The number of carbonyl (C=O) groups is 3. The molecule has 3 aromatic carbocycles. The van der Waals surface area contributed by atoms with E-state index in [4.69, 9.17) is 24.7 Å². The van der Waals surface area contributed by atoms with Gasteiger partial charge in [0.15, 0.2) is 5.43 Å². The van der Waals surface area contributed by atoms with E-state index in [0.29, 0.717) is 10.9 Å². The van der Waals surface area contributed by atoms with Gasteiger partial charge in [-0.2, -0.15) is 0 Å². The Labute approximate surface area is 397 Å². The van der Waals surface area contributed by atoms with Crippen LogP contribution in [0.15, 0.2) is 97.8 Å². The number of carboxylic acid groups (broad SMARTS) is 1. The Balaban J connectivity index is 1.09. The molecule has 25 nitrogen and oxygen atoms in total. The number of rotatable bonds is 18. The maximum Gasteiger partial charge on any atom is 0.336 e. The molecule has 0 unspecified atom stereocenters. The van der Waals surface area contributed by atoms with Crippen molar-refractivity contribution in [3.05, 3.63) is 143 Å². The fourth-order valence-corrected chi connectivity index (χ4v) is 12.0. The molecule has 3 aliphatic rings. The first kappa shape index (κ1) is 51.6. The van der Waals surface area contributed by atoms with Crippen molar-refractivity contribution in [2.24, 2.45) is 5.73 Å². The molecule has 2 atom stereocenters. The number of carboxylic acids is 1. The third-order valence-corrected chi connectivity index (χ3v) is 20.8. The van der Waals surface area contributed by atoms with Crippen LogP contribution in [0, 0.1) is 11.8 Å². The molecule has 0 spiro atoms. The minimum atomic E-state index is -6.58. The van der Waals surface area contributed by atoms with Crippen LogP contribution in [0.1, 0.15) is 66.8 Å². The van der Waals surface area contributed by atoms with Gasteiger partial charge in [0.1, 0.15) is 17.1 Å². The molecule has 1 aliphatic carbocycles. The Hall–Kier alpha value is -7.29. The fraction of sp³-hybridized carbons (Fsp3) is 0.209. The number of amides is 2. The van der Waals surface area contributed by atoms with E-state index < -0.39 is 74.8 Å². The number of carbonyl (C=O) groups excluding carboxylic acids is 2. The van der Waals surface area contributed by atoms with Gasteiger partial charge in [-0.05, 0) is 65.7 Å². The van der Waals surface area contributed by atoms with E-state index in [1.165, 1.54) is 48.5 Å². The Morgan fingerprint density at radius 3 is 2.28 bits per heavy atom. The van der Waals surface area contributed by atoms with Crippen LogP contribution >= 0.6 is 21.4 Å². The molecule has 0 bridgehead atoms. The van der Waals surface area contributed by atoms with E-state index in [2.05, 4.69) is 41.8 Å². The molecule has 2 aliphatic heterocycles. The van der Waals surface area contributed by atoms with E-state index in [1.807, 2.05) is 0 Å². The summed E-state index contributed by atoms with van der Waals surface area (Å²) in [6, 6.07) is 17.1. The molecule has 28 heteroatoms. The number of aromatic carboxylic acids is 1. The molecule has 9 N–H and O–H groups in total. The van der Waals surface area contributed by atoms with Crippen molar-refractivity contribution in [1.82, 2.24) is 20.2 Å². The molecule has 1 fully saturated rings. The van der Waals surface area contributed by atoms with Gasteiger partial charge >= 0.3 is 179 Å². The first-order valence-electron chi connectivity index (χ1n) is 20.6. The van der Waals surface area contributed by atoms with Gasteiger partial charge in [0.2, 0.25) is 0 Å². The smallest absolute Gasteiger partial charge is 0.336 e. The van der Waals surface area contributed by atoms with Crippen LogP contribution in [0.25, 0.3) is 33.4 Å². The number of phenolic OH excluding ortho intramolecular Hbond substituents is 1. The summed E-state index contributed by atoms with van der Waals surface area (Å²) in [7, 11) is -8.86. The molecule has 4 aromatic rings. The van der Waals surface area contributed by atoms with E-state index in [1.54, 1.807) is 24.3 Å². The minimum absolute atomic E-state index is 0.00459. The molecule has 0 saturated carbocycles. The first-order chi connectivity index (χ1) is 33.9. The van der Waals surface area contributed by atoms with Gasteiger partial charge in [-0.15, -0.1) is 0 Å². The fourth-order valence-electron chi connectivity index (χ4n) is 7.50. The Bertz CT molecular complexity index is 3430. The molecule has 71 heavy (non-hydrogen) atoms. The largest absolute Gasteiger partial charge is 0.478 e. The molecular weight excluding hydrogens is 999 g/mol. The summed E-state index contributed by atoms with van der Waals surface area (Å²) in [5, 5.41) is 47.5. The van der Waals surface area contributed by atoms with Crippen molar-refractivity contribution >= 4 is 50.2 Å². The number of aromatic amines is 1. The monoisotopic (exact) mass is 1040 g/mol. The number of hydrogen-bond acceptors (Lipinski definition) is 20. The first-order valence-corrected chi connectivity index (χ1v) is 26.4. The number of benzene rings is 4. The minimum Gasteiger partial charge on any atom is -0.478 e. The number of phenols is 1. The van der Waals surface area contributed by atoms with Crippen LogP contribution < -0.4 is 33.0 Å². The zero-order chi connectivity index (χ0) is 51.2. The summed E-state index contributed by atoms with van der Waals surface area (Å²) in [6.07, 6.45) is -1.35. The van der Waals surface area contributed by atoms with Crippen LogP contribution in [-0.4, -0.2) is 67.3 Å². The third kappa shape index (κ3) is 10.3. The second-order valence-corrected chi connectivity index (χ2v) is 25.5. The average molecular weight is 1040 g/mol. The summed E-state index contributed by atoms with van der Waals surface area (Å²) in [5.41, 5.74) is 4.77. The standard InChI is InChI=1S/C43H38N5O20P3/c44-19-23-4-6-24(7-5-23)39(51)46-20-33-34(50)14-13-31-37(30-12-9-27(49)18-35(30)65-38(31)33)32-17-25(8-11-29(32)42(54)55)40(52)45-16-2-1-3-26-21-48(43(56)47-41(26)53)36-15-10-28(64-36)22-63-71(67-58,68-66-57,69(59)60)70(61)62/h4-9,11-14,17-18,21,28,36,49,57-58H,3,10,15-16,19-20,22,44H2,(H,45,52)(H,46,51)(H,54,55)(H,47,53,56)/t28-,36+/m0/s1. The number of nitrogens with one attached hydrogen (secondary N) is 3. The summed E-state index contributed by atoms with van der Waals surface area (Å²) in [6.45, 7) is -7.83. The number of nitrogens with zero attached hydrogens (tertiary/aromatic N) is 1. The van der Waals surface area contributed by atoms with Gasteiger partial charge in [-0.25, -0.2) is 4.79 Å². The number of H-pyrrole nitrogens is 1. The van der Waals surface area contributed by atoms with Gasteiger partial charge in [0.05, 0.1) is 17.7 Å². The maximum absolute atomic E-state index is 13.6. The van der Waals surface area contributed by atoms with Gasteiger partial charge < -0.3 is 31.0 Å². The zero-order valence-corrected chi connectivity index (χ0v) is 39.0. The van der Waals surface area contributed by atoms with Crippen LogP contribution in [0.3, 0.4) is 0 Å². The number of nitrogens with two attached hydrogens (primary N) is 1. The van der Waals surface area contributed by atoms with Gasteiger partial charge in [0.25, 0.3) is 11.8 Å². The Kier molecular flexibility index (Phi) is 15.5. The molecule has 7 rings (SSSR count). The summed E-state index contributed by atoms with van der Waals surface area (Å²) in [4.78, 5) is 80.4. The Morgan fingerprint density at radius 1 is 0.887 bits per heavy atom. The SMILES string of the molecule is NCc1ccc(C(=O)NCc2c3oc4cc(O)ccc4c(-c4cc(C(=O)NCC#CCc5cn([C@H]6CC[C@@H](COP(OO)(OOO)(P(=O)=O)P(=O)=O)O6)c(=O)[nH]c5=O)ccc4C(=O)O)c-3ccc2=O)cc1. The second-order valence-electron chi connectivity index (χ2n) is 15.4. The van der Waals surface area contributed by atoms with Crippen molar-refractivity contribution in [1.29, 1.82) is 0 Å². The molecular formula is C43H38N5O20P3. The van der Waals surface area contributed by atoms with Crippen molar-refractivity contribution < 1.29 is 81.4 Å². The summed E-state index contributed by atoms with van der Waals surface area (Å²) >= 11 is 0. The quantitative estimate of drug-likeness (QED) is 0.0179. The predicted molar refractivity (Wildman–Crippen MR) is 245 cm³/mol. The summed E-state index contributed by atoms with van der Waals surface area (Å²) < 4.78 is 72.9. The molecule has 2 amide bonds. The number of ether oxygens (including phenoxy) is 1. The van der Waals surface area contributed by atoms with E-state index in [0.717, 1.165) is 16.3 Å². The van der Waals surface area contributed by atoms with Crippen LogP contribution in [-0.2, 0) is 61.4 Å². The zero-order valence-electron chi connectivity index (χ0n) is 36.3. The van der Waals surface area contributed by atoms with Crippen molar-refractivity contribution in [3.8, 4) is 40.0 Å². The summed E-state index contributed by atoms with van der Waals surface area (Å²) in [5.74, 6) is 2.58. The molecule has 1 saturated heterocycles. The van der Waals surface area contributed by atoms with Gasteiger partial charge in [-0.3, -0.25) is 14.4 Å². The Morgan fingerprint density at radius 2 is 1.61 bits per heavy atom. The third-order valence-electron chi connectivity index (χ3n) is 11.1. The van der Waals surface area contributed by atoms with Crippen LogP contribution in [0.4, 0.5) is 0 Å². The second kappa shape index (κ2) is 21.4. The molecule has 370 valence electrons. The number of fused-ring (bicyclic) bond motifs is 2. The molecule has 1 aromatic heterocycles.